The van der Waals surface area contributed by atoms with E-state index in [1.165, 1.54) is 5.69 Å². The highest BCUT2D eigenvalue weighted by atomic mass is 16.5. The molecule has 6 heteroatoms. The summed E-state index contributed by atoms with van der Waals surface area (Å²) in [5, 5.41) is 4.01. The van der Waals surface area contributed by atoms with Gasteiger partial charge in [0.2, 0.25) is 0 Å². The second-order valence-corrected chi connectivity index (χ2v) is 7.91. The van der Waals surface area contributed by atoms with Crippen LogP contribution in [0.5, 0.6) is 5.75 Å². The molecule has 1 fully saturated rings. The van der Waals surface area contributed by atoms with Gasteiger partial charge in [-0.05, 0) is 43.7 Å². The van der Waals surface area contributed by atoms with Crippen LogP contribution >= 0.6 is 0 Å². The number of benzene rings is 2. The number of nitrogens with one attached hydrogen (secondary N) is 1. The van der Waals surface area contributed by atoms with Crippen LogP contribution in [0.2, 0.25) is 0 Å². The Kier molecular flexibility index (Phi) is 6.99. The Hall–Kier alpha value is -3.12. The van der Waals surface area contributed by atoms with Gasteiger partial charge in [-0.1, -0.05) is 24.3 Å². The predicted molar refractivity (Wildman–Crippen MR) is 125 cm³/mol. The number of piperazine rings is 1. The number of fused-ring (bicyclic) bond motifs is 1. The lowest BCUT2D eigenvalue weighted by atomic mass is 10.1. The van der Waals surface area contributed by atoms with Gasteiger partial charge in [-0.25, -0.2) is 0 Å². The molecule has 1 saturated heterocycles. The van der Waals surface area contributed by atoms with Crippen LogP contribution in [0.3, 0.4) is 0 Å². The molecule has 0 aliphatic carbocycles. The van der Waals surface area contributed by atoms with Crippen molar-refractivity contribution in [2.75, 3.05) is 51.3 Å². The molecule has 0 unspecified atom stereocenters. The van der Waals surface area contributed by atoms with E-state index in [0.29, 0.717) is 12.1 Å². The van der Waals surface area contributed by atoms with E-state index in [1.54, 1.807) is 13.3 Å². The van der Waals surface area contributed by atoms with E-state index in [9.17, 15) is 4.79 Å². The molecule has 3 aromatic rings. The first-order valence-corrected chi connectivity index (χ1v) is 11.0. The van der Waals surface area contributed by atoms with E-state index in [4.69, 9.17) is 4.74 Å². The number of methoxy groups -OCH3 is 1. The van der Waals surface area contributed by atoms with E-state index in [0.717, 1.165) is 62.2 Å². The topological polar surface area (TPSA) is 57.7 Å². The number of amides is 1. The van der Waals surface area contributed by atoms with Crippen LogP contribution in [0.1, 0.15) is 23.2 Å². The monoisotopic (exact) mass is 418 g/mol. The fourth-order valence-electron chi connectivity index (χ4n) is 4.00. The summed E-state index contributed by atoms with van der Waals surface area (Å²) in [7, 11) is 1.71. The average Bonchev–Trinajstić information content (AvgIpc) is 2.84. The molecular formula is C25H30N4O2. The summed E-state index contributed by atoms with van der Waals surface area (Å²) >= 11 is 0. The Labute approximate surface area is 183 Å². The molecule has 0 saturated carbocycles. The normalized spacial score (nSPS) is 14.5. The molecular weight excluding hydrogens is 388 g/mol. The van der Waals surface area contributed by atoms with Gasteiger partial charge in [0.05, 0.1) is 18.2 Å². The largest absolute Gasteiger partial charge is 0.497 e. The molecule has 2 aromatic carbocycles. The quantitative estimate of drug-likeness (QED) is 0.567. The van der Waals surface area contributed by atoms with Gasteiger partial charge in [0.1, 0.15) is 5.75 Å². The Morgan fingerprint density at radius 1 is 1.03 bits per heavy atom. The summed E-state index contributed by atoms with van der Waals surface area (Å²) in [6.07, 6.45) is 3.71. The SMILES string of the molecule is COc1cccc(N2CCN(CCCCNC(=O)c3cnc4ccccc4c3)CC2)c1. The number of carbonyl (C=O) groups excluding carboxylic acids is 1. The number of aromatic nitrogens is 1. The highest BCUT2D eigenvalue weighted by molar-refractivity contribution is 5.97. The number of carbonyl (C=O) groups is 1. The molecule has 1 amide bonds. The average molecular weight is 419 g/mol. The number of hydrogen-bond acceptors (Lipinski definition) is 5. The number of rotatable bonds is 8. The highest BCUT2D eigenvalue weighted by Crippen LogP contribution is 2.22. The minimum Gasteiger partial charge on any atom is -0.497 e. The molecule has 31 heavy (non-hydrogen) atoms. The third-order valence-electron chi connectivity index (χ3n) is 5.83. The molecule has 1 aromatic heterocycles. The van der Waals surface area contributed by atoms with E-state index >= 15 is 0 Å². The Balaban J connectivity index is 1.15. The summed E-state index contributed by atoms with van der Waals surface area (Å²) in [5.41, 5.74) is 2.75. The van der Waals surface area contributed by atoms with E-state index in [1.807, 2.05) is 42.5 Å². The van der Waals surface area contributed by atoms with Crippen molar-refractivity contribution in [3.8, 4) is 5.75 Å². The van der Waals surface area contributed by atoms with Gasteiger partial charge in [0.15, 0.2) is 0 Å². The molecule has 2 heterocycles. The summed E-state index contributed by atoms with van der Waals surface area (Å²) in [5.74, 6) is 0.853. The third kappa shape index (κ3) is 5.52. The van der Waals surface area contributed by atoms with Crippen LogP contribution in [0.4, 0.5) is 5.69 Å². The number of ether oxygens (including phenoxy) is 1. The first-order chi connectivity index (χ1) is 15.2. The molecule has 0 spiro atoms. The van der Waals surface area contributed by atoms with Crippen LogP contribution in [-0.2, 0) is 0 Å². The van der Waals surface area contributed by atoms with Crippen LogP contribution in [0.25, 0.3) is 10.9 Å². The zero-order valence-corrected chi connectivity index (χ0v) is 18.1. The van der Waals surface area contributed by atoms with Crippen molar-refractivity contribution >= 4 is 22.5 Å². The Bertz CT molecular complexity index is 1020. The van der Waals surface area contributed by atoms with Crippen molar-refractivity contribution in [3.63, 3.8) is 0 Å². The number of para-hydroxylation sites is 1. The fraction of sp³-hybridized carbons (Fsp3) is 0.360. The van der Waals surface area contributed by atoms with Crippen molar-refractivity contribution in [2.45, 2.75) is 12.8 Å². The number of pyridine rings is 1. The fourth-order valence-corrected chi connectivity index (χ4v) is 4.00. The summed E-state index contributed by atoms with van der Waals surface area (Å²) < 4.78 is 5.34. The Morgan fingerprint density at radius 2 is 1.87 bits per heavy atom. The summed E-state index contributed by atoms with van der Waals surface area (Å²) in [4.78, 5) is 21.7. The van der Waals surface area contributed by atoms with Gasteiger partial charge in [0.25, 0.3) is 5.91 Å². The lowest BCUT2D eigenvalue weighted by Gasteiger charge is -2.36. The molecule has 1 aliphatic rings. The zero-order chi connectivity index (χ0) is 21.5. The zero-order valence-electron chi connectivity index (χ0n) is 18.1. The summed E-state index contributed by atoms with van der Waals surface area (Å²) in [6.45, 7) is 5.94. The molecule has 162 valence electrons. The second kappa shape index (κ2) is 10.3. The van der Waals surface area contributed by atoms with Gasteiger partial charge in [-0.15, -0.1) is 0 Å². The summed E-state index contributed by atoms with van der Waals surface area (Å²) in [6, 6.07) is 18.0. The highest BCUT2D eigenvalue weighted by Gasteiger charge is 2.17. The lowest BCUT2D eigenvalue weighted by Crippen LogP contribution is -2.46. The minimum absolute atomic E-state index is 0.0508. The van der Waals surface area contributed by atoms with Gasteiger partial charge in [-0.2, -0.15) is 0 Å². The van der Waals surface area contributed by atoms with Gasteiger partial charge in [-0.3, -0.25) is 14.7 Å². The maximum atomic E-state index is 12.4. The molecule has 1 aliphatic heterocycles. The van der Waals surface area contributed by atoms with Crippen LogP contribution in [-0.4, -0.2) is 62.2 Å². The standard InChI is InChI=1S/C25H30N4O2/c1-31-23-9-6-8-22(18-23)29-15-13-28(14-16-29)12-5-4-11-26-25(30)21-17-20-7-2-3-10-24(20)27-19-21/h2-3,6-10,17-19H,4-5,11-16H2,1H3,(H,26,30). The second-order valence-electron chi connectivity index (χ2n) is 7.91. The van der Waals surface area contributed by atoms with Gasteiger partial charge >= 0.3 is 0 Å². The number of hydrogen-bond donors (Lipinski definition) is 1. The molecule has 0 bridgehead atoms. The van der Waals surface area contributed by atoms with Crippen molar-refractivity contribution < 1.29 is 9.53 Å². The van der Waals surface area contributed by atoms with E-state index < -0.39 is 0 Å². The maximum Gasteiger partial charge on any atom is 0.252 e. The third-order valence-corrected chi connectivity index (χ3v) is 5.83. The van der Waals surface area contributed by atoms with Gasteiger partial charge in [0, 0.05) is 56.1 Å². The first-order valence-electron chi connectivity index (χ1n) is 11.0. The smallest absolute Gasteiger partial charge is 0.252 e. The number of anilines is 1. The maximum absolute atomic E-state index is 12.4. The minimum atomic E-state index is -0.0508. The van der Waals surface area contributed by atoms with Crippen LogP contribution < -0.4 is 15.0 Å². The first kappa shape index (κ1) is 21.1. The van der Waals surface area contributed by atoms with Gasteiger partial charge < -0.3 is 15.0 Å². The Morgan fingerprint density at radius 3 is 2.71 bits per heavy atom. The van der Waals surface area contributed by atoms with E-state index in [-0.39, 0.29) is 5.91 Å². The van der Waals surface area contributed by atoms with Crippen molar-refractivity contribution in [3.05, 3.63) is 66.4 Å². The van der Waals surface area contributed by atoms with Crippen LogP contribution in [0.15, 0.2) is 60.8 Å². The lowest BCUT2D eigenvalue weighted by molar-refractivity contribution is 0.0952. The van der Waals surface area contributed by atoms with Crippen LogP contribution in [0, 0.1) is 0 Å². The van der Waals surface area contributed by atoms with Crippen molar-refractivity contribution in [1.82, 2.24) is 15.2 Å². The number of nitrogens with zero attached hydrogens (tertiary/aromatic N) is 3. The molecule has 6 nitrogen and oxygen atoms in total. The van der Waals surface area contributed by atoms with E-state index in [2.05, 4.69) is 32.2 Å². The van der Waals surface area contributed by atoms with Crippen molar-refractivity contribution in [1.29, 1.82) is 0 Å². The van der Waals surface area contributed by atoms with Crippen molar-refractivity contribution in [2.24, 2.45) is 0 Å². The number of unbranched alkanes of at least 4 members (excludes halogenated alkanes) is 1. The predicted octanol–water partition coefficient (Wildman–Crippen LogP) is 3.58. The molecule has 0 radical (unpaired) electrons. The molecule has 0 atom stereocenters. The molecule has 4 rings (SSSR count). The molecule has 1 N–H and O–H groups in total.